The van der Waals surface area contributed by atoms with Crippen LogP contribution in [-0.2, 0) is 11.2 Å². The summed E-state index contributed by atoms with van der Waals surface area (Å²) >= 11 is 0. The summed E-state index contributed by atoms with van der Waals surface area (Å²) < 4.78 is 6.05. The van der Waals surface area contributed by atoms with Gasteiger partial charge in [-0.25, -0.2) is 0 Å². The molecule has 0 radical (unpaired) electrons. The minimum Gasteiger partial charge on any atom is -0.426 e. The third-order valence-electron chi connectivity index (χ3n) is 9.54. The first kappa shape index (κ1) is 38.1. The summed E-state index contributed by atoms with van der Waals surface area (Å²) in [6.45, 7) is 6.74. The van der Waals surface area contributed by atoms with Gasteiger partial charge in [-0.05, 0) is 49.4 Å². The van der Waals surface area contributed by atoms with Crippen LogP contribution in [-0.4, -0.2) is 5.97 Å². The lowest BCUT2D eigenvalue weighted by Crippen LogP contribution is -2.32. The summed E-state index contributed by atoms with van der Waals surface area (Å²) in [5.41, 5.74) is 2.13. The van der Waals surface area contributed by atoms with E-state index in [0.717, 1.165) is 32.1 Å². The fourth-order valence-corrected chi connectivity index (χ4v) is 6.43. The highest BCUT2D eigenvalue weighted by Crippen LogP contribution is 2.34. The van der Waals surface area contributed by atoms with Gasteiger partial charge in [0.2, 0.25) is 0 Å². The molecule has 1 unspecified atom stereocenters. The predicted octanol–water partition coefficient (Wildman–Crippen LogP) is 13.6. The molecule has 248 valence electrons. The van der Waals surface area contributed by atoms with Crippen LogP contribution < -0.4 is 4.74 Å². The van der Waals surface area contributed by atoms with E-state index < -0.39 is 5.41 Å². The maximum absolute atomic E-state index is 13.6. The summed E-state index contributed by atoms with van der Waals surface area (Å²) in [5, 5.41) is 0. The van der Waals surface area contributed by atoms with Gasteiger partial charge in [0, 0.05) is 0 Å². The van der Waals surface area contributed by atoms with Crippen molar-refractivity contribution < 1.29 is 9.53 Å². The summed E-state index contributed by atoms with van der Waals surface area (Å²) in [7, 11) is 0. The van der Waals surface area contributed by atoms with Crippen LogP contribution in [0.15, 0.2) is 54.6 Å². The molecular formula is C42H68O2. The third kappa shape index (κ3) is 18.0. The molecule has 44 heavy (non-hydrogen) atoms. The molecule has 2 rings (SSSR count). The molecule has 0 aliphatic rings. The van der Waals surface area contributed by atoms with Gasteiger partial charge in [0.15, 0.2) is 0 Å². The topological polar surface area (TPSA) is 26.3 Å². The molecule has 0 saturated carbocycles. The van der Waals surface area contributed by atoms with Crippen molar-refractivity contribution in [1.29, 1.82) is 0 Å². The van der Waals surface area contributed by atoms with E-state index in [4.69, 9.17) is 4.74 Å². The van der Waals surface area contributed by atoms with E-state index in [2.05, 4.69) is 63.2 Å². The predicted molar refractivity (Wildman–Crippen MR) is 192 cm³/mol. The van der Waals surface area contributed by atoms with Crippen LogP contribution in [0, 0.1) is 5.41 Å². The monoisotopic (exact) mass is 605 g/mol. The van der Waals surface area contributed by atoms with E-state index >= 15 is 0 Å². The van der Waals surface area contributed by atoms with E-state index in [1.165, 1.54) is 140 Å². The molecule has 1 atom stereocenters. The number of esters is 1. The van der Waals surface area contributed by atoms with Gasteiger partial charge in [0.1, 0.15) is 5.75 Å². The van der Waals surface area contributed by atoms with Crippen LogP contribution in [0.4, 0.5) is 0 Å². The fraction of sp³-hybridized carbons (Fsp3) is 0.690. The summed E-state index contributed by atoms with van der Waals surface area (Å²) in [6.07, 6.45) is 32.1. The van der Waals surface area contributed by atoms with E-state index in [9.17, 15) is 4.79 Å². The van der Waals surface area contributed by atoms with Crippen molar-refractivity contribution in [2.75, 3.05) is 0 Å². The SMILES string of the molecule is CCCCCCCCCCCCCCC(C)(CCCCCCCCCCCC)C(=O)Oc1ccc(Cc2ccccc2)cc1. The van der Waals surface area contributed by atoms with E-state index in [1.54, 1.807) is 0 Å². The van der Waals surface area contributed by atoms with Gasteiger partial charge in [-0.1, -0.05) is 198 Å². The van der Waals surface area contributed by atoms with E-state index in [-0.39, 0.29) is 5.97 Å². The second kappa shape index (κ2) is 25.1. The Hall–Kier alpha value is -2.09. The highest BCUT2D eigenvalue weighted by molar-refractivity contribution is 5.78. The number of carbonyl (C=O) groups is 1. The van der Waals surface area contributed by atoms with Crippen LogP contribution >= 0.6 is 0 Å². The molecule has 0 aromatic heterocycles. The molecule has 0 aliphatic carbocycles. The van der Waals surface area contributed by atoms with Gasteiger partial charge in [-0.3, -0.25) is 4.79 Å². The molecule has 0 spiro atoms. The lowest BCUT2D eigenvalue weighted by Gasteiger charge is -2.27. The maximum Gasteiger partial charge on any atom is 0.317 e. The Morgan fingerprint density at radius 1 is 0.500 bits per heavy atom. The van der Waals surface area contributed by atoms with Crippen LogP contribution in [0.3, 0.4) is 0 Å². The van der Waals surface area contributed by atoms with Gasteiger partial charge < -0.3 is 4.74 Å². The number of ether oxygens (including phenoxy) is 1. The average molecular weight is 605 g/mol. The summed E-state index contributed by atoms with van der Waals surface area (Å²) in [5.74, 6) is 0.642. The van der Waals surface area contributed by atoms with Gasteiger partial charge in [-0.15, -0.1) is 0 Å². The standard InChI is InChI=1S/C42H68O2/c1-4-6-8-10-12-14-16-17-19-21-23-28-36-42(3,35-27-22-20-18-15-13-11-9-7-5-2)41(43)44-40-33-31-39(32-34-40)37-38-29-25-24-26-30-38/h24-26,29-34H,4-23,27-28,35-37H2,1-3H3. The number of carbonyl (C=O) groups excluding carboxylic acids is 1. The van der Waals surface area contributed by atoms with Gasteiger partial charge in [0.05, 0.1) is 5.41 Å². The zero-order valence-electron chi connectivity index (χ0n) is 29.2. The van der Waals surface area contributed by atoms with Crippen LogP contribution in [0.5, 0.6) is 5.75 Å². The van der Waals surface area contributed by atoms with Crippen LogP contribution in [0.1, 0.15) is 186 Å². The van der Waals surface area contributed by atoms with E-state index in [1.807, 2.05) is 12.1 Å². The minimum atomic E-state index is -0.401. The molecule has 0 heterocycles. The lowest BCUT2D eigenvalue weighted by atomic mass is 9.79. The number of rotatable bonds is 28. The molecule has 0 amide bonds. The maximum atomic E-state index is 13.6. The van der Waals surface area contributed by atoms with Crippen molar-refractivity contribution in [3.05, 3.63) is 65.7 Å². The van der Waals surface area contributed by atoms with Crippen LogP contribution in [0.2, 0.25) is 0 Å². The highest BCUT2D eigenvalue weighted by atomic mass is 16.5. The number of benzene rings is 2. The molecule has 0 bridgehead atoms. The Morgan fingerprint density at radius 3 is 1.27 bits per heavy atom. The van der Waals surface area contributed by atoms with Crippen molar-refractivity contribution in [1.82, 2.24) is 0 Å². The molecule has 0 aliphatic heterocycles. The number of unbranched alkanes of at least 4 members (excludes halogenated alkanes) is 20. The fourth-order valence-electron chi connectivity index (χ4n) is 6.43. The Morgan fingerprint density at radius 2 is 0.864 bits per heavy atom. The van der Waals surface area contributed by atoms with Crippen molar-refractivity contribution in [3.63, 3.8) is 0 Å². The smallest absolute Gasteiger partial charge is 0.317 e. The Bertz CT molecular complexity index is 934. The first-order chi connectivity index (χ1) is 21.6. The van der Waals surface area contributed by atoms with Gasteiger partial charge in [0.25, 0.3) is 0 Å². The minimum absolute atomic E-state index is 0.0349. The average Bonchev–Trinajstić information content (AvgIpc) is 3.04. The van der Waals surface area contributed by atoms with E-state index in [0.29, 0.717) is 5.75 Å². The molecule has 2 heteroatoms. The molecule has 2 aromatic carbocycles. The Balaban J connectivity index is 1.77. The van der Waals surface area contributed by atoms with Crippen LogP contribution in [0.25, 0.3) is 0 Å². The molecule has 0 saturated heterocycles. The highest BCUT2D eigenvalue weighted by Gasteiger charge is 2.34. The van der Waals surface area contributed by atoms with Gasteiger partial charge in [-0.2, -0.15) is 0 Å². The zero-order valence-corrected chi connectivity index (χ0v) is 29.2. The molecule has 2 aromatic rings. The van der Waals surface area contributed by atoms with Crippen molar-refractivity contribution in [3.8, 4) is 5.75 Å². The van der Waals surface area contributed by atoms with Crippen molar-refractivity contribution in [2.45, 2.75) is 181 Å². The quantitative estimate of drug-likeness (QED) is 0.0548. The molecular weight excluding hydrogens is 536 g/mol. The number of hydrogen-bond acceptors (Lipinski definition) is 2. The number of hydrogen-bond donors (Lipinski definition) is 0. The second-order valence-corrected chi connectivity index (χ2v) is 13.8. The Labute approximate surface area is 273 Å². The molecule has 2 nitrogen and oxygen atoms in total. The first-order valence-corrected chi connectivity index (χ1v) is 18.9. The summed E-state index contributed by atoms with van der Waals surface area (Å²) in [4.78, 5) is 13.6. The normalized spacial score (nSPS) is 12.7. The largest absolute Gasteiger partial charge is 0.426 e. The van der Waals surface area contributed by atoms with Crippen molar-refractivity contribution in [2.24, 2.45) is 5.41 Å². The molecule has 0 fully saturated rings. The Kier molecular flexibility index (Phi) is 21.8. The lowest BCUT2D eigenvalue weighted by molar-refractivity contribution is -0.146. The first-order valence-electron chi connectivity index (χ1n) is 18.9. The zero-order chi connectivity index (χ0) is 31.6. The van der Waals surface area contributed by atoms with Gasteiger partial charge >= 0.3 is 5.97 Å². The second-order valence-electron chi connectivity index (χ2n) is 13.8. The summed E-state index contributed by atoms with van der Waals surface area (Å²) in [6, 6.07) is 18.7. The molecule has 0 N–H and O–H groups in total. The third-order valence-corrected chi connectivity index (χ3v) is 9.54. The van der Waals surface area contributed by atoms with Crippen molar-refractivity contribution >= 4 is 5.97 Å².